The lowest BCUT2D eigenvalue weighted by Crippen LogP contribution is -2.13. The second-order valence-corrected chi connectivity index (χ2v) is 7.60. The molecule has 0 spiro atoms. The van der Waals surface area contributed by atoms with Gasteiger partial charge in [0, 0.05) is 16.5 Å². The number of nitrogens with one attached hydrogen (secondary N) is 1. The number of ketones is 1. The molecule has 7 heteroatoms. The topological polar surface area (TPSA) is 88.5 Å². The third-order valence-electron chi connectivity index (χ3n) is 5.03. The summed E-state index contributed by atoms with van der Waals surface area (Å²) in [4.78, 5) is 25.8. The van der Waals surface area contributed by atoms with Crippen LogP contribution in [0, 0.1) is 0 Å². The Labute approximate surface area is 175 Å². The molecule has 0 saturated carbocycles. The number of carbonyl (C=O) groups is 2. The van der Waals surface area contributed by atoms with Crippen molar-refractivity contribution >= 4 is 44.7 Å². The highest BCUT2D eigenvalue weighted by Crippen LogP contribution is 2.44. The van der Waals surface area contributed by atoms with Gasteiger partial charge in [-0.2, -0.15) is 4.37 Å². The summed E-state index contributed by atoms with van der Waals surface area (Å²) in [7, 11) is 0. The van der Waals surface area contributed by atoms with Crippen LogP contribution in [0.25, 0.3) is 21.3 Å². The number of aliphatic hydroxyl groups is 1. The van der Waals surface area contributed by atoms with Gasteiger partial charge in [-0.05, 0) is 35.8 Å². The molecular formula is C23H16N2O4S. The van der Waals surface area contributed by atoms with Gasteiger partial charge in [0.1, 0.15) is 6.61 Å². The van der Waals surface area contributed by atoms with Crippen molar-refractivity contribution in [1.29, 1.82) is 0 Å². The molecule has 4 aromatic rings. The van der Waals surface area contributed by atoms with Gasteiger partial charge < -0.3 is 15.2 Å². The Balaban J connectivity index is 1.63. The fourth-order valence-corrected chi connectivity index (χ4v) is 4.51. The summed E-state index contributed by atoms with van der Waals surface area (Å²) in [5, 5.41) is 13.0. The van der Waals surface area contributed by atoms with Gasteiger partial charge in [-0.15, -0.1) is 0 Å². The summed E-state index contributed by atoms with van der Waals surface area (Å²) in [6.07, 6.45) is 0. The highest BCUT2D eigenvalue weighted by atomic mass is 32.1. The summed E-state index contributed by atoms with van der Waals surface area (Å²) in [6.45, 7) is -0.326. The number of aliphatic hydroxyl groups excluding tert-OH is 1. The van der Waals surface area contributed by atoms with Crippen molar-refractivity contribution in [3.05, 3.63) is 77.4 Å². The number of ether oxygens (including phenoxy) is 1. The molecule has 0 unspecified atom stereocenters. The van der Waals surface area contributed by atoms with Gasteiger partial charge >= 0.3 is 5.97 Å². The molecule has 148 valence electrons. The zero-order valence-electron chi connectivity index (χ0n) is 15.7. The number of para-hydroxylation sites is 1. The van der Waals surface area contributed by atoms with Crippen LogP contribution in [0.3, 0.4) is 0 Å². The number of nitrogens with zero attached hydrogens (tertiary/aromatic N) is 1. The molecule has 0 saturated heterocycles. The lowest BCUT2D eigenvalue weighted by Gasteiger charge is -2.19. The molecule has 5 rings (SSSR count). The number of carbonyl (C=O) groups excluding carboxylic acids is 2. The van der Waals surface area contributed by atoms with Crippen molar-refractivity contribution in [2.75, 3.05) is 18.5 Å². The standard InChI is InChI=1S/C23H16N2O4S/c26-11-12-29-23(28)15-7-3-4-8-16(15)24-17-9-10-18-20-19(17)22(27)14-6-2-1-5-13(14)21(20)25-30-18/h1-10,24,26H,11-12H2. The fraction of sp³-hybridized carbons (Fsp3) is 0.0870. The minimum atomic E-state index is -0.545. The smallest absolute Gasteiger partial charge is 0.340 e. The molecule has 1 aliphatic rings. The summed E-state index contributed by atoms with van der Waals surface area (Å²) in [6, 6.07) is 18.1. The maximum atomic E-state index is 13.4. The zero-order chi connectivity index (χ0) is 20.7. The molecule has 0 aliphatic heterocycles. The van der Waals surface area contributed by atoms with E-state index in [2.05, 4.69) is 9.69 Å². The van der Waals surface area contributed by atoms with E-state index < -0.39 is 5.97 Å². The van der Waals surface area contributed by atoms with E-state index in [9.17, 15) is 9.59 Å². The fourth-order valence-electron chi connectivity index (χ4n) is 3.71. The Morgan fingerprint density at radius 1 is 1.00 bits per heavy atom. The minimum absolute atomic E-state index is 0.0771. The average molecular weight is 416 g/mol. The average Bonchev–Trinajstić information content (AvgIpc) is 3.21. The predicted molar refractivity (Wildman–Crippen MR) is 116 cm³/mol. The van der Waals surface area contributed by atoms with Gasteiger partial charge in [0.05, 0.1) is 39.5 Å². The molecule has 1 aliphatic carbocycles. The SMILES string of the molecule is O=C(OCCO)c1ccccc1Nc1ccc2snc3c2c1C(=O)c1ccccc1-3. The van der Waals surface area contributed by atoms with Gasteiger partial charge in [0.25, 0.3) is 0 Å². The molecule has 30 heavy (non-hydrogen) atoms. The Morgan fingerprint density at radius 3 is 2.60 bits per heavy atom. The molecule has 0 fully saturated rings. The molecule has 0 radical (unpaired) electrons. The van der Waals surface area contributed by atoms with E-state index >= 15 is 0 Å². The van der Waals surface area contributed by atoms with Crippen LogP contribution < -0.4 is 5.32 Å². The van der Waals surface area contributed by atoms with Crippen molar-refractivity contribution in [2.45, 2.75) is 0 Å². The second-order valence-electron chi connectivity index (χ2n) is 6.80. The van der Waals surface area contributed by atoms with Gasteiger partial charge in [-0.3, -0.25) is 4.79 Å². The van der Waals surface area contributed by atoms with Crippen LogP contribution in [-0.4, -0.2) is 34.4 Å². The van der Waals surface area contributed by atoms with Crippen molar-refractivity contribution in [2.24, 2.45) is 0 Å². The van der Waals surface area contributed by atoms with Crippen LogP contribution in [0.15, 0.2) is 60.7 Å². The Morgan fingerprint density at radius 2 is 1.77 bits per heavy atom. The first kappa shape index (κ1) is 18.5. The first-order valence-corrected chi connectivity index (χ1v) is 10.2. The molecule has 2 N–H and O–H groups in total. The van der Waals surface area contributed by atoms with Crippen molar-refractivity contribution in [3.8, 4) is 11.3 Å². The van der Waals surface area contributed by atoms with Gasteiger partial charge in [0.2, 0.25) is 0 Å². The molecule has 3 aromatic carbocycles. The minimum Gasteiger partial charge on any atom is -0.460 e. The number of anilines is 2. The summed E-state index contributed by atoms with van der Waals surface area (Å²) < 4.78 is 10.6. The molecular weight excluding hydrogens is 400 g/mol. The Bertz CT molecular complexity index is 1310. The lowest BCUT2D eigenvalue weighted by molar-refractivity contribution is 0.0435. The number of benzene rings is 3. The molecule has 0 amide bonds. The number of hydrogen-bond donors (Lipinski definition) is 2. The van der Waals surface area contributed by atoms with Crippen molar-refractivity contribution in [3.63, 3.8) is 0 Å². The summed E-state index contributed by atoms with van der Waals surface area (Å²) in [5.74, 6) is -0.622. The molecule has 1 heterocycles. The van der Waals surface area contributed by atoms with Crippen LogP contribution in [0.1, 0.15) is 26.3 Å². The van der Waals surface area contributed by atoms with Gasteiger partial charge in [-0.25, -0.2) is 4.79 Å². The van der Waals surface area contributed by atoms with Crippen LogP contribution in [0.5, 0.6) is 0 Å². The van der Waals surface area contributed by atoms with Gasteiger partial charge in [-0.1, -0.05) is 36.4 Å². The van der Waals surface area contributed by atoms with Crippen LogP contribution in [0.4, 0.5) is 11.4 Å². The van der Waals surface area contributed by atoms with E-state index in [4.69, 9.17) is 9.84 Å². The quantitative estimate of drug-likeness (QED) is 0.413. The first-order chi connectivity index (χ1) is 14.7. The predicted octanol–water partition coefficient (Wildman–Crippen LogP) is 4.40. The molecule has 0 atom stereocenters. The van der Waals surface area contributed by atoms with E-state index in [1.165, 1.54) is 11.5 Å². The number of rotatable bonds is 5. The maximum absolute atomic E-state index is 13.4. The largest absolute Gasteiger partial charge is 0.460 e. The Kier molecular flexibility index (Phi) is 4.54. The maximum Gasteiger partial charge on any atom is 0.340 e. The highest BCUT2D eigenvalue weighted by molar-refractivity contribution is 7.13. The molecule has 6 nitrogen and oxygen atoms in total. The third kappa shape index (κ3) is 2.87. The highest BCUT2D eigenvalue weighted by Gasteiger charge is 2.30. The van der Waals surface area contributed by atoms with E-state index in [0.717, 1.165) is 21.3 Å². The zero-order valence-corrected chi connectivity index (χ0v) is 16.5. The van der Waals surface area contributed by atoms with E-state index in [1.54, 1.807) is 24.3 Å². The van der Waals surface area contributed by atoms with Crippen LogP contribution in [-0.2, 0) is 4.74 Å². The van der Waals surface area contributed by atoms with E-state index in [1.807, 2.05) is 36.4 Å². The number of aromatic nitrogens is 1. The number of esters is 1. The van der Waals surface area contributed by atoms with E-state index in [-0.39, 0.29) is 19.0 Å². The van der Waals surface area contributed by atoms with E-state index in [0.29, 0.717) is 28.1 Å². The van der Waals surface area contributed by atoms with Gasteiger partial charge in [0.15, 0.2) is 5.78 Å². The molecule has 0 bridgehead atoms. The Hall–Kier alpha value is -3.55. The van der Waals surface area contributed by atoms with Crippen molar-refractivity contribution in [1.82, 2.24) is 4.37 Å². The monoisotopic (exact) mass is 416 g/mol. The number of hydrogen-bond acceptors (Lipinski definition) is 7. The normalized spacial score (nSPS) is 12.0. The van der Waals surface area contributed by atoms with Crippen LogP contribution >= 0.6 is 11.5 Å². The third-order valence-corrected chi connectivity index (χ3v) is 5.84. The summed E-state index contributed by atoms with van der Waals surface area (Å²) in [5.41, 5.74) is 4.25. The van der Waals surface area contributed by atoms with Crippen molar-refractivity contribution < 1.29 is 19.4 Å². The summed E-state index contributed by atoms with van der Waals surface area (Å²) >= 11 is 1.36. The second kappa shape index (κ2) is 7.37. The lowest BCUT2D eigenvalue weighted by atomic mass is 9.86. The number of fused-ring (bicyclic) bond motifs is 2. The molecule has 1 aromatic heterocycles. The van der Waals surface area contributed by atoms with Crippen LogP contribution in [0.2, 0.25) is 0 Å². The first-order valence-electron chi connectivity index (χ1n) is 9.39.